The Morgan fingerprint density at radius 2 is 1.85 bits per heavy atom. The van der Waals surface area contributed by atoms with E-state index in [1.807, 2.05) is 13.0 Å². The molecular formula is C19H22Cl2N2O2S. The van der Waals surface area contributed by atoms with Gasteiger partial charge in [-0.05, 0) is 61.7 Å². The Labute approximate surface area is 165 Å². The first-order valence-corrected chi connectivity index (χ1v) is 10.9. The molecule has 0 aliphatic carbocycles. The highest BCUT2D eigenvalue weighted by Crippen LogP contribution is 2.26. The predicted molar refractivity (Wildman–Crippen MR) is 107 cm³/mol. The average molecular weight is 413 g/mol. The molecule has 26 heavy (non-hydrogen) atoms. The van der Waals surface area contributed by atoms with Crippen LogP contribution in [0.1, 0.15) is 31.7 Å². The van der Waals surface area contributed by atoms with E-state index in [1.54, 1.807) is 40.7 Å². The van der Waals surface area contributed by atoms with Crippen molar-refractivity contribution in [2.75, 3.05) is 11.9 Å². The Morgan fingerprint density at radius 3 is 2.50 bits per heavy atom. The fourth-order valence-electron chi connectivity index (χ4n) is 3.17. The lowest BCUT2D eigenvalue weighted by atomic mass is 10.1. The molecule has 0 bridgehead atoms. The molecule has 0 aromatic heterocycles. The Bertz CT molecular complexity index is 870. The Balaban J connectivity index is 1.70. The topological polar surface area (TPSA) is 49.4 Å². The second kappa shape index (κ2) is 8.17. The standard InChI is InChI=1S/C19H22Cl2N2O2S/c1-14-4-2-3-11-23(14)26(24,25)18-9-7-17(8-10-18)22-13-15-5-6-16(20)12-19(15)21/h5-10,12,14,22H,2-4,11,13H2,1H3. The van der Waals surface area contributed by atoms with Gasteiger partial charge in [0.05, 0.1) is 4.90 Å². The molecule has 1 aliphatic rings. The zero-order valence-corrected chi connectivity index (χ0v) is 16.9. The van der Waals surface area contributed by atoms with Crippen LogP contribution in [0.3, 0.4) is 0 Å². The highest BCUT2D eigenvalue weighted by Gasteiger charge is 2.30. The van der Waals surface area contributed by atoms with Gasteiger partial charge in [0.1, 0.15) is 0 Å². The summed E-state index contributed by atoms with van der Waals surface area (Å²) in [6.07, 6.45) is 2.93. The lowest BCUT2D eigenvalue weighted by Crippen LogP contribution is -2.41. The second-order valence-corrected chi connectivity index (χ2v) is 9.31. The highest BCUT2D eigenvalue weighted by atomic mass is 35.5. The van der Waals surface area contributed by atoms with E-state index in [9.17, 15) is 8.42 Å². The van der Waals surface area contributed by atoms with Gasteiger partial charge in [-0.25, -0.2) is 8.42 Å². The summed E-state index contributed by atoms with van der Waals surface area (Å²) >= 11 is 12.1. The molecule has 1 unspecified atom stereocenters. The van der Waals surface area contributed by atoms with Crippen LogP contribution in [-0.2, 0) is 16.6 Å². The molecule has 7 heteroatoms. The van der Waals surface area contributed by atoms with Gasteiger partial charge in [0.15, 0.2) is 0 Å². The summed E-state index contributed by atoms with van der Waals surface area (Å²) in [4.78, 5) is 0.335. The van der Waals surface area contributed by atoms with Gasteiger partial charge in [-0.1, -0.05) is 35.7 Å². The average Bonchev–Trinajstić information content (AvgIpc) is 2.61. The minimum absolute atomic E-state index is 0.0543. The smallest absolute Gasteiger partial charge is 0.243 e. The van der Waals surface area contributed by atoms with Crippen molar-refractivity contribution >= 4 is 38.9 Å². The SMILES string of the molecule is CC1CCCCN1S(=O)(=O)c1ccc(NCc2ccc(Cl)cc2Cl)cc1. The molecular weight excluding hydrogens is 391 g/mol. The molecule has 2 aromatic rings. The van der Waals surface area contributed by atoms with Crippen molar-refractivity contribution in [2.24, 2.45) is 0 Å². The molecule has 1 heterocycles. The van der Waals surface area contributed by atoms with Gasteiger partial charge >= 0.3 is 0 Å². The molecule has 0 amide bonds. The Kier molecular flexibility index (Phi) is 6.13. The van der Waals surface area contributed by atoms with E-state index in [0.29, 0.717) is 28.0 Å². The summed E-state index contributed by atoms with van der Waals surface area (Å²) in [5.41, 5.74) is 1.76. The van der Waals surface area contributed by atoms with Gasteiger partial charge in [0.25, 0.3) is 0 Å². The third-order valence-corrected chi connectivity index (χ3v) is 7.32. The first-order valence-electron chi connectivity index (χ1n) is 8.67. The van der Waals surface area contributed by atoms with Crippen molar-refractivity contribution in [1.82, 2.24) is 4.31 Å². The largest absolute Gasteiger partial charge is 0.381 e. The first kappa shape index (κ1) is 19.5. The fraction of sp³-hybridized carbons (Fsp3) is 0.368. The van der Waals surface area contributed by atoms with Gasteiger partial charge in [-0.15, -0.1) is 0 Å². The van der Waals surface area contributed by atoms with Crippen LogP contribution >= 0.6 is 23.2 Å². The van der Waals surface area contributed by atoms with E-state index in [2.05, 4.69) is 5.32 Å². The van der Waals surface area contributed by atoms with Crippen LogP contribution in [0, 0.1) is 0 Å². The quantitative estimate of drug-likeness (QED) is 0.736. The Morgan fingerprint density at radius 1 is 1.12 bits per heavy atom. The summed E-state index contributed by atoms with van der Waals surface area (Å²) in [6, 6.07) is 12.3. The summed E-state index contributed by atoms with van der Waals surface area (Å²) in [5, 5.41) is 4.45. The number of halogens is 2. The molecule has 3 rings (SSSR count). The Hall–Kier alpha value is -1.27. The molecule has 1 atom stereocenters. The monoisotopic (exact) mass is 412 g/mol. The predicted octanol–water partition coefficient (Wildman–Crippen LogP) is 5.17. The van der Waals surface area contributed by atoms with Crippen LogP contribution in [0.4, 0.5) is 5.69 Å². The molecule has 1 N–H and O–H groups in total. The zero-order chi connectivity index (χ0) is 18.7. The van der Waals surface area contributed by atoms with Gasteiger partial charge in [-0.2, -0.15) is 4.31 Å². The minimum Gasteiger partial charge on any atom is -0.381 e. The molecule has 1 fully saturated rings. The van der Waals surface area contributed by atoms with Crippen molar-refractivity contribution in [2.45, 2.75) is 43.7 Å². The summed E-state index contributed by atoms with van der Waals surface area (Å²) in [5.74, 6) is 0. The molecule has 140 valence electrons. The van der Waals surface area contributed by atoms with Gasteiger partial charge < -0.3 is 5.32 Å². The van der Waals surface area contributed by atoms with Crippen molar-refractivity contribution in [1.29, 1.82) is 0 Å². The minimum atomic E-state index is -3.44. The van der Waals surface area contributed by atoms with Crippen LogP contribution in [0.2, 0.25) is 10.0 Å². The summed E-state index contributed by atoms with van der Waals surface area (Å²) in [7, 11) is -3.44. The summed E-state index contributed by atoms with van der Waals surface area (Å²) in [6.45, 7) is 3.10. The molecule has 0 saturated carbocycles. The number of sulfonamides is 1. The van der Waals surface area contributed by atoms with E-state index in [0.717, 1.165) is 30.5 Å². The molecule has 1 aliphatic heterocycles. The van der Waals surface area contributed by atoms with E-state index in [1.165, 1.54) is 0 Å². The lowest BCUT2D eigenvalue weighted by Gasteiger charge is -2.32. The highest BCUT2D eigenvalue weighted by molar-refractivity contribution is 7.89. The normalized spacial score (nSPS) is 18.7. The van der Waals surface area contributed by atoms with Crippen LogP contribution in [0.5, 0.6) is 0 Å². The van der Waals surface area contributed by atoms with Crippen LogP contribution in [0.15, 0.2) is 47.4 Å². The molecule has 4 nitrogen and oxygen atoms in total. The third-order valence-electron chi connectivity index (χ3n) is 4.70. The van der Waals surface area contributed by atoms with E-state index >= 15 is 0 Å². The fourth-order valence-corrected chi connectivity index (χ4v) is 5.35. The molecule has 1 saturated heterocycles. The van der Waals surface area contributed by atoms with Crippen molar-refractivity contribution < 1.29 is 8.42 Å². The maximum atomic E-state index is 12.8. The number of hydrogen-bond acceptors (Lipinski definition) is 3. The van der Waals surface area contributed by atoms with Crippen LogP contribution in [0.25, 0.3) is 0 Å². The van der Waals surface area contributed by atoms with E-state index in [4.69, 9.17) is 23.2 Å². The van der Waals surface area contributed by atoms with Crippen molar-refractivity contribution in [3.8, 4) is 0 Å². The number of rotatable bonds is 5. The zero-order valence-electron chi connectivity index (χ0n) is 14.6. The third kappa shape index (κ3) is 4.34. The van der Waals surface area contributed by atoms with Crippen LogP contribution in [-0.4, -0.2) is 25.3 Å². The van der Waals surface area contributed by atoms with Gasteiger partial charge in [-0.3, -0.25) is 0 Å². The van der Waals surface area contributed by atoms with Crippen molar-refractivity contribution in [3.63, 3.8) is 0 Å². The maximum Gasteiger partial charge on any atom is 0.243 e. The molecule has 0 radical (unpaired) electrons. The summed E-state index contributed by atoms with van der Waals surface area (Å²) < 4.78 is 27.3. The number of hydrogen-bond donors (Lipinski definition) is 1. The van der Waals surface area contributed by atoms with Gasteiger partial charge in [0, 0.05) is 34.9 Å². The number of anilines is 1. The van der Waals surface area contributed by atoms with E-state index < -0.39 is 10.0 Å². The number of nitrogens with zero attached hydrogens (tertiary/aromatic N) is 1. The molecule has 0 spiro atoms. The number of piperidine rings is 1. The number of benzene rings is 2. The first-order chi connectivity index (χ1) is 12.4. The maximum absolute atomic E-state index is 12.8. The second-order valence-electron chi connectivity index (χ2n) is 6.57. The van der Waals surface area contributed by atoms with E-state index in [-0.39, 0.29) is 6.04 Å². The lowest BCUT2D eigenvalue weighted by molar-refractivity contribution is 0.268. The van der Waals surface area contributed by atoms with Crippen LogP contribution < -0.4 is 5.32 Å². The van der Waals surface area contributed by atoms with Crippen molar-refractivity contribution in [3.05, 3.63) is 58.1 Å². The van der Waals surface area contributed by atoms with Gasteiger partial charge in [0.2, 0.25) is 10.0 Å². The molecule has 2 aromatic carbocycles. The number of nitrogens with one attached hydrogen (secondary N) is 1.